The molecule has 0 atom stereocenters. The van der Waals surface area contributed by atoms with E-state index in [4.69, 9.17) is 0 Å². The van der Waals surface area contributed by atoms with Crippen LogP contribution in [-0.4, -0.2) is 22.3 Å². The predicted molar refractivity (Wildman–Crippen MR) is 87.7 cm³/mol. The summed E-state index contributed by atoms with van der Waals surface area (Å²) in [7, 11) is 0. The SMILES string of the molecule is O=C(Nc1n[nH]c2cc(Br)c(Cc3cccc(F)c3)cc12)C(F)(F)F. The second kappa shape index (κ2) is 6.47. The van der Waals surface area contributed by atoms with Gasteiger partial charge in [-0.3, -0.25) is 9.89 Å². The molecule has 0 saturated heterocycles. The highest BCUT2D eigenvalue weighted by atomic mass is 79.9. The van der Waals surface area contributed by atoms with Gasteiger partial charge in [-0.15, -0.1) is 0 Å². The molecule has 0 fully saturated rings. The first-order valence-electron chi connectivity index (χ1n) is 7.03. The summed E-state index contributed by atoms with van der Waals surface area (Å²) in [6, 6.07) is 9.24. The third-order valence-electron chi connectivity index (χ3n) is 3.50. The first-order valence-corrected chi connectivity index (χ1v) is 7.82. The topological polar surface area (TPSA) is 57.8 Å². The number of alkyl halides is 3. The van der Waals surface area contributed by atoms with Crippen LogP contribution >= 0.6 is 15.9 Å². The van der Waals surface area contributed by atoms with E-state index < -0.39 is 12.1 Å². The molecule has 9 heteroatoms. The Morgan fingerprint density at radius 2 is 2.00 bits per heavy atom. The lowest BCUT2D eigenvalue weighted by Crippen LogP contribution is -2.30. The van der Waals surface area contributed by atoms with Gasteiger partial charge in [0.1, 0.15) is 5.82 Å². The smallest absolute Gasteiger partial charge is 0.301 e. The minimum absolute atomic E-state index is 0.217. The van der Waals surface area contributed by atoms with Crippen molar-refractivity contribution in [3.05, 3.63) is 57.8 Å². The van der Waals surface area contributed by atoms with Gasteiger partial charge < -0.3 is 5.32 Å². The zero-order chi connectivity index (χ0) is 18.2. The van der Waals surface area contributed by atoms with Crippen LogP contribution in [0.15, 0.2) is 40.9 Å². The second-order valence-electron chi connectivity index (χ2n) is 5.32. The van der Waals surface area contributed by atoms with E-state index in [-0.39, 0.29) is 11.6 Å². The standard InChI is InChI=1S/C16H10BrF4N3O/c17-12-7-13-11(14(24-23-13)22-15(25)16(19,20)21)6-9(12)4-8-2-1-3-10(18)5-8/h1-3,5-7H,4H2,(H2,22,23,24,25). The number of aromatic amines is 1. The quantitative estimate of drug-likeness (QED) is 0.616. The van der Waals surface area contributed by atoms with E-state index in [0.29, 0.717) is 32.9 Å². The van der Waals surface area contributed by atoms with E-state index in [1.54, 1.807) is 29.6 Å². The number of hydrogen-bond donors (Lipinski definition) is 2. The Kier molecular flexibility index (Phi) is 4.51. The zero-order valence-corrected chi connectivity index (χ0v) is 14.0. The Bertz CT molecular complexity index is 952. The number of amides is 1. The Morgan fingerprint density at radius 3 is 2.68 bits per heavy atom. The maximum absolute atomic E-state index is 13.3. The molecular weight excluding hydrogens is 406 g/mol. The van der Waals surface area contributed by atoms with E-state index in [2.05, 4.69) is 26.1 Å². The van der Waals surface area contributed by atoms with Gasteiger partial charge in [-0.2, -0.15) is 18.3 Å². The molecule has 1 aromatic heterocycles. The van der Waals surface area contributed by atoms with Crippen LogP contribution in [0.5, 0.6) is 0 Å². The summed E-state index contributed by atoms with van der Waals surface area (Å²) >= 11 is 3.38. The number of H-pyrrole nitrogens is 1. The molecule has 0 bridgehead atoms. The molecule has 3 aromatic rings. The van der Waals surface area contributed by atoms with Gasteiger partial charge in [0, 0.05) is 9.86 Å². The fraction of sp³-hybridized carbons (Fsp3) is 0.125. The van der Waals surface area contributed by atoms with Crippen LogP contribution < -0.4 is 5.32 Å². The lowest BCUT2D eigenvalue weighted by molar-refractivity contribution is -0.167. The van der Waals surface area contributed by atoms with Crippen molar-refractivity contribution in [2.75, 3.05) is 5.32 Å². The van der Waals surface area contributed by atoms with Crippen molar-refractivity contribution in [3.63, 3.8) is 0 Å². The second-order valence-corrected chi connectivity index (χ2v) is 6.17. The first-order chi connectivity index (χ1) is 11.7. The number of nitrogens with one attached hydrogen (secondary N) is 2. The van der Waals surface area contributed by atoms with Gasteiger partial charge in [0.15, 0.2) is 5.82 Å². The number of anilines is 1. The minimum atomic E-state index is -5.01. The van der Waals surface area contributed by atoms with Gasteiger partial charge in [0.05, 0.1) is 5.52 Å². The van der Waals surface area contributed by atoms with Crippen LogP contribution in [-0.2, 0) is 11.2 Å². The van der Waals surface area contributed by atoms with Crippen LogP contribution in [0.25, 0.3) is 10.9 Å². The van der Waals surface area contributed by atoms with E-state index in [9.17, 15) is 22.4 Å². The van der Waals surface area contributed by atoms with Crippen LogP contribution in [0.1, 0.15) is 11.1 Å². The molecule has 2 N–H and O–H groups in total. The average molecular weight is 416 g/mol. The summed E-state index contributed by atoms with van der Waals surface area (Å²) in [5.41, 5.74) is 1.86. The number of carbonyl (C=O) groups is 1. The van der Waals surface area contributed by atoms with Gasteiger partial charge in [-0.25, -0.2) is 4.39 Å². The van der Waals surface area contributed by atoms with Crippen molar-refractivity contribution in [2.45, 2.75) is 12.6 Å². The fourth-order valence-electron chi connectivity index (χ4n) is 2.36. The van der Waals surface area contributed by atoms with Gasteiger partial charge >= 0.3 is 12.1 Å². The molecule has 0 aliphatic carbocycles. The van der Waals surface area contributed by atoms with E-state index >= 15 is 0 Å². The molecule has 4 nitrogen and oxygen atoms in total. The normalized spacial score (nSPS) is 11.7. The highest BCUT2D eigenvalue weighted by Crippen LogP contribution is 2.30. The van der Waals surface area contributed by atoms with Gasteiger partial charge in [-0.1, -0.05) is 28.1 Å². The fourth-order valence-corrected chi connectivity index (χ4v) is 2.84. The summed E-state index contributed by atoms with van der Waals surface area (Å²) in [4.78, 5) is 11.1. The number of aromatic nitrogens is 2. The molecule has 2 aromatic carbocycles. The van der Waals surface area contributed by atoms with E-state index in [1.165, 1.54) is 12.1 Å². The summed E-state index contributed by atoms with van der Waals surface area (Å²) in [5, 5.41) is 8.35. The summed E-state index contributed by atoms with van der Waals surface area (Å²) in [6.07, 6.45) is -4.66. The van der Waals surface area contributed by atoms with Crippen LogP contribution in [0.4, 0.5) is 23.4 Å². The van der Waals surface area contributed by atoms with Gasteiger partial charge in [0.2, 0.25) is 0 Å². The van der Waals surface area contributed by atoms with Crippen molar-refractivity contribution in [3.8, 4) is 0 Å². The summed E-state index contributed by atoms with van der Waals surface area (Å²) < 4.78 is 51.2. The Balaban J connectivity index is 1.96. The lowest BCUT2D eigenvalue weighted by atomic mass is 10.0. The first kappa shape index (κ1) is 17.4. The number of rotatable bonds is 3. The Hall–Kier alpha value is -2.42. The third-order valence-corrected chi connectivity index (χ3v) is 4.24. The van der Waals surface area contributed by atoms with Crippen molar-refractivity contribution in [1.29, 1.82) is 0 Å². The predicted octanol–water partition coefficient (Wildman–Crippen LogP) is 4.56. The maximum atomic E-state index is 13.3. The molecule has 0 unspecified atom stereocenters. The maximum Gasteiger partial charge on any atom is 0.471 e. The summed E-state index contributed by atoms with van der Waals surface area (Å²) in [6.45, 7) is 0. The highest BCUT2D eigenvalue weighted by Gasteiger charge is 2.39. The molecule has 0 spiro atoms. The Labute approximate surface area is 147 Å². The number of hydrogen-bond acceptors (Lipinski definition) is 2. The molecule has 3 rings (SSSR count). The minimum Gasteiger partial charge on any atom is -0.301 e. The molecule has 130 valence electrons. The molecule has 0 aliphatic rings. The monoisotopic (exact) mass is 415 g/mol. The van der Waals surface area contributed by atoms with E-state index in [1.807, 2.05) is 0 Å². The van der Waals surface area contributed by atoms with Crippen molar-refractivity contribution < 1.29 is 22.4 Å². The molecule has 0 radical (unpaired) electrons. The van der Waals surface area contributed by atoms with Gasteiger partial charge in [-0.05, 0) is 41.8 Å². The largest absolute Gasteiger partial charge is 0.471 e. The third kappa shape index (κ3) is 3.81. The summed E-state index contributed by atoms with van der Waals surface area (Å²) in [5.74, 6) is -2.70. The molecular formula is C16H10BrF4N3O. The zero-order valence-electron chi connectivity index (χ0n) is 12.4. The van der Waals surface area contributed by atoms with Crippen LogP contribution in [0, 0.1) is 5.82 Å². The van der Waals surface area contributed by atoms with Crippen LogP contribution in [0.3, 0.4) is 0 Å². The number of benzene rings is 2. The molecule has 1 heterocycles. The Morgan fingerprint density at radius 1 is 1.24 bits per heavy atom. The molecule has 0 aliphatic heterocycles. The van der Waals surface area contributed by atoms with E-state index in [0.717, 1.165) is 0 Å². The van der Waals surface area contributed by atoms with Crippen molar-refractivity contribution >= 4 is 38.6 Å². The number of fused-ring (bicyclic) bond motifs is 1. The molecule has 0 saturated carbocycles. The number of carbonyl (C=O) groups excluding carboxylic acids is 1. The molecule has 25 heavy (non-hydrogen) atoms. The van der Waals surface area contributed by atoms with Crippen molar-refractivity contribution in [1.82, 2.24) is 10.2 Å². The van der Waals surface area contributed by atoms with Crippen LogP contribution in [0.2, 0.25) is 0 Å². The van der Waals surface area contributed by atoms with Gasteiger partial charge in [0.25, 0.3) is 0 Å². The lowest BCUT2D eigenvalue weighted by Gasteiger charge is -2.08. The number of nitrogens with zero attached hydrogens (tertiary/aromatic N) is 1. The highest BCUT2D eigenvalue weighted by molar-refractivity contribution is 9.10. The van der Waals surface area contributed by atoms with Crippen molar-refractivity contribution in [2.24, 2.45) is 0 Å². The molecule has 1 amide bonds. The average Bonchev–Trinajstić information content (AvgIpc) is 2.89. The number of halogens is 5.